The van der Waals surface area contributed by atoms with Crippen molar-refractivity contribution in [2.75, 3.05) is 38.7 Å². The van der Waals surface area contributed by atoms with E-state index in [4.69, 9.17) is 0 Å². The molecule has 0 aromatic rings. The molecule has 15 heavy (non-hydrogen) atoms. The molecule has 1 unspecified atom stereocenters. The first-order chi connectivity index (χ1) is 6.87. The van der Waals surface area contributed by atoms with E-state index in [2.05, 4.69) is 17.1 Å². The number of nitrogens with zero attached hydrogens (tertiary/aromatic N) is 1. The fraction of sp³-hybridized carbons (Fsp3) is 1.00. The molecule has 92 valence electrons. The topological polar surface area (TPSA) is 49.4 Å². The summed E-state index contributed by atoms with van der Waals surface area (Å²) in [6, 6.07) is 0.374. The Hall–Kier alpha value is -0.130. The molecular weight excluding hydrogens is 212 g/mol. The summed E-state index contributed by atoms with van der Waals surface area (Å²) in [6.45, 7) is 5.35. The quantitative estimate of drug-likeness (QED) is 0.661. The van der Waals surface area contributed by atoms with Crippen LogP contribution >= 0.6 is 0 Å². The smallest absolute Gasteiger partial charge is 0.151 e. The third-order valence-corrected chi connectivity index (χ3v) is 4.06. The molecule has 0 aromatic carbocycles. The van der Waals surface area contributed by atoms with Gasteiger partial charge in [-0.25, -0.2) is 8.42 Å². The molecule has 0 heterocycles. The van der Waals surface area contributed by atoms with Crippen LogP contribution in [0.1, 0.15) is 20.3 Å². The molecule has 0 fully saturated rings. The van der Waals surface area contributed by atoms with Crippen molar-refractivity contribution < 1.29 is 8.42 Å². The largest absolute Gasteiger partial charge is 0.313 e. The van der Waals surface area contributed by atoms with Crippen LogP contribution in [0.2, 0.25) is 0 Å². The third-order valence-electron chi connectivity index (χ3n) is 2.36. The first kappa shape index (κ1) is 14.9. The Morgan fingerprint density at radius 2 is 1.93 bits per heavy atom. The number of sulfone groups is 1. The number of rotatable bonds is 8. The number of hydrogen-bond acceptors (Lipinski definition) is 4. The standard InChI is InChI=1S/C10H24N2O2S/c1-5-15(13,14)9-7-11-10(2)6-8-12(3)4/h10-11H,5-9H2,1-4H3. The van der Waals surface area contributed by atoms with E-state index in [1.54, 1.807) is 6.92 Å². The molecule has 0 aromatic heterocycles. The summed E-state index contributed by atoms with van der Waals surface area (Å²) in [5, 5.41) is 3.22. The summed E-state index contributed by atoms with van der Waals surface area (Å²) >= 11 is 0. The summed E-state index contributed by atoms with van der Waals surface area (Å²) in [4.78, 5) is 2.13. The van der Waals surface area contributed by atoms with Gasteiger partial charge in [0.15, 0.2) is 9.84 Å². The van der Waals surface area contributed by atoms with Crippen LogP contribution in [-0.2, 0) is 9.84 Å². The molecule has 5 heteroatoms. The van der Waals surface area contributed by atoms with Crippen molar-refractivity contribution in [2.24, 2.45) is 0 Å². The van der Waals surface area contributed by atoms with Gasteiger partial charge < -0.3 is 10.2 Å². The van der Waals surface area contributed by atoms with Gasteiger partial charge in [-0.15, -0.1) is 0 Å². The van der Waals surface area contributed by atoms with Gasteiger partial charge in [-0.1, -0.05) is 6.92 Å². The minimum absolute atomic E-state index is 0.237. The van der Waals surface area contributed by atoms with Crippen LogP contribution in [0.15, 0.2) is 0 Å². The highest BCUT2D eigenvalue weighted by molar-refractivity contribution is 7.91. The van der Waals surface area contributed by atoms with E-state index in [1.165, 1.54) is 0 Å². The predicted octanol–water partition coefficient (Wildman–Crippen LogP) is 0.351. The second-order valence-corrected chi connectivity index (χ2v) is 6.66. The molecule has 0 radical (unpaired) electrons. The molecule has 0 spiro atoms. The number of nitrogens with one attached hydrogen (secondary N) is 1. The molecule has 0 saturated heterocycles. The van der Waals surface area contributed by atoms with Gasteiger partial charge in [-0.3, -0.25) is 0 Å². The fourth-order valence-corrected chi connectivity index (χ4v) is 1.88. The van der Waals surface area contributed by atoms with Gasteiger partial charge >= 0.3 is 0 Å². The van der Waals surface area contributed by atoms with E-state index in [0.717, 1.165) is 13.0 Å². The zero-order chi connectivity index (χ0) is 11.9. The summed E-state index contributed by atoms with van der Waals surface area (Å²) in [6.07, 6.45) is 1.04. The molecule has 4 nitrogen and oxygen atoms in total. The summed E-state index contributed by atoms with van der Waals surface area (Å²) < 4.78 is 22.4. The lowest BCUT2D eigenvalue weighted by molar-refractivity contribution is 0.368. The maximum absolute atomic E-state index is 11.2. The Balaban J connectivity index is 3.59. The van der Waals surface area contributed by atoms with Gasteiger partial charge in [0.25, 0.3) is 0 Å². The summed E-state index contributed by atoms with van der Waals surface area (Å²) in [5.74, 6) is 0.483. The number of hydrogen-bond donors (Lipinski definition) is 1. The maximum atomic E-state index is 11.2. The van der Waals surface area contributed by atoms with Crippen LogP contribution in [0.5, 0.6) is 0 Å². The molecule has 0 aliphatic rings. The Morgan fingerprint density at radius 1 is 1.33 bits per heavy atom. The second kappa shape index (κ2) is 7.19. The van der Waals surface area contributed by atoms with Crippen molar-refractivity contribution in [1.82, 2.24) is 10.2 Å². The lowest BCUT2D eigenvalue weighted by Crippen LogP contribution is -2.33. The molecular formula is C10H24N2O2S. The first-order valence-electron chi connectivity index (χ1n) is 5.46. The van der Waals surface area contributed by atoms with Gasteiger partial charge in [0.2, 0.25) is 0 Å². The van der Waals surface area contributed by atoms with E-state index in [1.807, 2.05) is 14.1 Å². The van der Waals surface area contributed by atoms with Crippen LogP contribution in [0.25, 0.3) is 0 Å². The monoisotopic (exact) mass is 236 g/mol. The van der Waals surface area contributed by atoms with Crippen molar-refractivity contribution in [3.05, 3.63) is 0 Å². The SMILES string of the molecule is CCS(=O)(=O)CCNC(C)CCN(C)C. The average molecular weight is 236 g/mol. The van der Waals surface area contributed by atoms with E-state index < -0.39 is 9.84 Å². The minimum Gasteiger partial charge on any atom is -0.313 e. The van der Waals surface area contributed by atoms with Gasteiger partial charge in [-0.2, -0.15) is 0 Å². The van der Waals surface area contributed by atoms with Crippen LogP contribution in [0.4, 0.5) is 0 Å². The predicted molar refractivity (Wildman–Crippen MR) is 65.0 cm³/mol. The highest BCUT2D eigenvalue weighted by atomic mass is 32.2. The normalized spacial score (nSPS) is 14.5. The van der Waals surface area contributed by atoms with Crippen LogP contribution in [0.3, 0.4) is 0 Å². The Morgan fingerprint density at radius 3 is 2.40 bits per heavy atom. The maximum Gasteiger partial charge on any atom is 0.151 e. The van der Waals surface area contributed by atoms with Crippen molar-refractivity contribution in [3.63, 3.8) is 0 Å². The highest BCUT2D eigenvalue weighted by Crippen LogP contribution is 1.93. The lowest BCUT2D eigenvalue weighted by Gasteiger charge is -2.16. The van der Waals surface area contributed by atoms with E-state index in [0.29, 0.717) is 12.6 Å². The fourth-order valence-electron chi connectivity index (χ4n) is 1.16. The third kappa shape index (κ3) is 8.84. The van der Waals surface area contributed by atoms with Gasteiger partial charge in [0, 0.05) is 18.3 Å². The van der Waals surface area contributed by atoms with E-state index in [-0.39, 0.29) is 11.5 Å². The van der Waals surface area contributed by atoms with Crippen LogP contribution in [-0.4, -0.2) is 58.1 Å². The van der Waals surface area contributed by atoms with Gasteiger partial charge in [0.1, 0.15) is 0 Å². The zero-order valence-corrected chi connectivity index (χ0v) is 11.1. The molecule has 0 bridgehead atoms. The summed E-state index contributed by atoms with van der Waals surface area (Å²) in [5.41, 5.74) is 0. The molecule has 1 atom stereocenters. The van der Waals surface area contributed by atoms with Crippen molar-refractivity contribution >= 4 is 9.84 Å². The van der Waals surface area contributed by atoms with Gasteiger partial charge in [0.05, 0.1) is 5.75 Å². The van der Waals surface area contributed by atoms with Gasteiger partial charge in [-0.05, 0) is 34.0 Å². The molecule has 1 N–H and O–H groups in total. The second-order valence-electron chi connectivity index (χ2n) is 4.18. The highest BCUT2D eigenvalue weighted by Gasteiger charge is 2.08. The summed E-state index contributed by atoms with van der Waals surface area (Å²) in [7, 11) is 1.25. The average Bonchev–Trinajstić information content (AvgIpc) is 2.14. The Labute approximate surface area is 94.0 Å². The Kier molecular flexibility index (Phi) is 7.13. The van der Waals surface area contributed by atoms with Crippen LogP contribution in [0, 0.1) is 0 Å². The molecule has 0 amide bonds. The minimum atomic E-state index is -2.82. The lowest BCUT2D eigenvalue weighted by atomic mass is 10.2. The first-order valence-corrected chi connectivity index (χ1v) is 7.28. The van der Waals surface area contributed by atoms with E-state index in [9.17, 15) is 8.42 Å². The van der Waals surface area contributed by atoms with Crippen molar-refractivity contribution in [2.45, 2.75) is 26.3 Å². The van der Waals surface area contributed by atoms with Crippen LogP contribution < -0.4 is 5.32 Å². The molecule has 0 rings (SSSR count). The van der Waals surface area contributed by atoms with Crippen molar-refractivity contribution in [1.29, 1.82) is 0 Å². The van der Waals surface area contributed by atoms with E-state index >= 15 is 0 Å². The molecule has 0 aliphatic carbocycles. The van der Waals surface area contributed by atoms with Crippen molar-refractivity contribution in [3.8, 4) is 0 Å². The Bertz CT molecular complexity index is 250. The molecule has 0 aliphatic heterocycles. The molecule has 0 saturated carbocycles. The zero-order valence-electron chi connectivity index (χ0n) is 10.3.